The van der Waals surface area contributed by atoms with Crippen LogP contribution in [-0.4, -0.2) is 21.5 Å². The van der Waals surface area contributed by atoms with E-state index >= 15 is 0 Å². The number of aromatic nitrogens is 1. The summed E-state index contributed by atoms with van der Waals surface area (Å²) < 4.78 is 2.19. The van der Waals surface area contributed by atoms with Gasteiger partial charge in [0.15, 0.2) is 0 Å². The lowest BCUT2D eigenvalue weighted by molar-refractivity contribution is 0.192. The van der Waals surface area contributed by atoms with E-state index in [2.05, 4.69) is 53.3 Å². The van der Waals surface area contributed by atoms with Gasteiger partial charge in [0, 0.05) is 35.2 Å². The molecule has 0 fully saturated rings. The molecule has 1 aromatic heterocycles. The molecule has 3 rings (SSSR count). The highest BCUT2D eigenvalue weighted by Gasteiger charge is 2.19. The number of carbonyl (C=O) groups is 1. The number of carbonyl (C=O) groups excluding carboxylic acids is 1. The van der Waals surface area contributed by atoms with Gasteiger partial charge in [-0.15, -0.1) is 0 Å². The van der Waals surface area contributed by atoms with Crippen LogP contribution in [0.1, 0.15) is 30.7 Å². The molecule has 0 radical (unpaired) electrons. The summed E-state index contributed by atoms with van der Waals surface area (Å²) >= 11 is 6.02. The number of hydrogen-bond acceptors (Lipinski definition) is 1. The van der Waals surface area contributed by atoms with E-state index in [0.29, 0.717) is 17.3 Å². The number of amides is 2. The maximum Gasteiger partial charge on any atom is 0.322 e. The van der Waals surface area contributed by atoms with Crippen molar-refractivity contribution in [2.45, 2.75) is 39.9 Å². The minimum Gasteiger partial charge on any atom is -0.345 e. The van der Waals surface area contributed by atoms with E-state index in [0.717, 1.165) is 12.2 Å². The molecule has 4 nitrogen and oxygen atoms in total. The number of aryl methyl sites for hydroxylation is 1. The van der Waals surface area contributed by atoms with Crippen molar-refractivity contribution in [3.8, 4) is 0 Å². The van der Waals surface area contributed by atoms with Gasteiger partial charge in [0.2, 0.25) is 0 Å². The molecule has 0 saturated heterocycles. The number of nitrogens with zero attached hydrogens (tertiary/aromatic N) is 2. The molecule has 2 amide bonds. The Labute approximate surface area is 171 Å². The van der Waals surface area contributed by atoms with Crippen LogP contribution in [0.2, 0.25) is 5.02 Å². The van der Waals surface area contributed by atoms with Crippen molar-refractivity contribution >= 4 is 23.3 Å². The largest absolute Gasteiger partial charge is 0.345 e. The molecule has 28 heavy (non-hydrogen) atoms. The van der Waals surface area contributed by atoms with E-state index in [9.17, 15) is 4.79 Å². The van der Waals surface area contributed by atoms with E-state index in [1.165, 1.54) is 11.1 Å². The first-order chi connectivity index (χ1) is 13.4. The van der Waals surface area contributed by atoms with Gasteiger partial charge in [-0.2, -0.15) is 0 Å². The molecule has 0 aliphatic rings. The number of halogens is 1. The number of benzene rings is 2. The van der Waals surface area contributed by atoms with Gasteiger partial charge >= 0.3 is 6.03 Å². The number of rotatable bonds is 6. The Balaban J connectivity index is 1.73. The highest BCUT2D eigenvalue weighted by molar-refractivity contribution is 6.30. The van der Waals surface area contributed by atoms with Gasteiger partial charge in [0.1, 0.15) is 0 Å². The van der Waals surface area contributed by atoms with Gasteiger partial charge < -0.3 is 14.8 Å². The van der Waals surface area contributed by atoms with E-state index in [1.54, 1.807) is 12.1 Å². The highest BCUT2D eigenvalue weighted by Crippen LogP contribution is 2.18. The van der Waals surface area contributed by atoms with E-state index < -0.39 is 0 Å². The van der Waals surface area contributed by atoms with Crippen molar-refractivity contribution in [1.82, 2.24) is 9.47 Å². The van der Waals surface area contributed by atoms with Crippen LogP contribution in [0.4, 0.5) is 10.5 Å². The minimum atomic E-state index is -0.139. The van der Waals surface area contributed by atoms with E-state index in [1.807, 2.05) is 36.9 Å². The van der Waals surface area contributed by atoms with Crippen molar-refractivity contribution in [3.05, 3.63) is 88.7 Å². The van der Waals surface area contributed by atoms with Gasteiger partial charge in [-0.05, 0) is 56.7 Å². The van der Waals surface area contributed by atoms with E-state index in [4.69, 9.17) is 11.6 Å². The molecule has 146 valence electrons. The molecule has 0 bridgehead atoms. The predicted octanol–water partition coefficient (Wildman–Crippen LogP) is 5.94. The Kier molecular flexibility index (Phi) is 6.42. The zero-order valence-electron chi connectivity index (χ0n) is 16.5. The molecule has 1 heterocycles. The Morgan fingerprint density at radius 3 is 2.54 bits per heavy atom. The van der Waals surface area contributed by atoms with Crippen LogP contribution in [0.15, 0.2) is 66.9 Å². The number of urea groups is 1. The first-order valence-electron chi connectivity index (χ1n) is 9.45. The van der Waals surface area contributed by atoms with Crippen LogP contribution in [-0.2, 0) is 13.1 Å². The summed E-state index contributed by atoms with van der Waals surface area (Å²) in [5, 5.41) is 3.54. The van der Waals surface area contributed by atoms with E-state index in [-0.39, 0.29) is 12.1 Å². The summed E-state index contributed by atoms with van der Waals surface area (Å²) in [6.45, 7) is 7.44. The fraction of sp³-hybridized carbons (Fsp3) is 0.261. The molecule has 0 aliphatic carbocycles. The van der Waals surface area contributed by atoms with Crippen LogP contribution in [0.25, 0.3) is 0 Å². The Bertz CT molecular complexity index is 931. The smallest absolute Gasteiger partial charge is 0.322 e. The van der Waals surface area contributed by atoms with Gasteiger partial charge in [-0.3, -0.25) is 0 Å². The minimum absolute atomic E-state index is 0.0573. The number of hydrogen-bond donors (Lipinski definition) is 1. The second kappa shape index (κ2) is 8.98. The van der Waals surface area contributed by atoms with Crippen molar-refractivity contribution in [2.24, 2.45) is 0 Å². The average molecular weight is 396 g/mol. The fourth-order valence-electron chi connectivity index (χ4n) is 3.06. The maximum absolute atomic E-state index is 12.9. The first kappa shape index (κ1) is 20.0. The molecule has 0 saturated carbocycles. The van der Waals surface area contributed by atoms with Crippen LogP contribution in [0.3, 0.4) is 0 Å². The summed E-state index contributed by atoms with van der Waals surface area (Å²) in [7, 11) is 0. The normalized spacial score (nSPS) is 10.9. The Morgan fingerprint density at radius 1 is 1.11 bits per heavy atom. The van der Waals surface area contributed by atoms with Gasteiger partial charge in [0.05, 0.1) is 6.54 Å². The summed E-state index contributed by atoms with van der Waals surface area (Å²) in [5.74, 6) is 0. The highest BCUT2D eigenvalue weighted by atomic mass is 35.5. The third-order valence-corrected chi connectivity index (χ3v) is 4.92. The first-order valence-corrected chi connectivity index (χ1v) is 9.83. The van der Waals surface area contributed by atoms with Gasteiger partial charge in [-0.1, -0.05) is 47.5 Å². The van der Waals surface area contributed by atoms with Crippen LogP contribution in [0, 0.1) is 6.92 Å². The third kappa shape index (κ3) is 5.17. The van der Waals surface area contributed by atoms with Crippen LogP contribution < -0.4 is 5.32 Å². The quantitative estimate of drug-likeness (QED) is 0.550. The topological polar surface area (TPSA) is 37.3 Å². The lowest BCUT2D eigenvalue weighted by Gasteiger charge is -2.27. The zero-order valence-corrected chi connectivity index (χ0v) is 17.3. The summed E-state index contributed by atoms with van der Waals surface area (Å²) in [5.41, 5.74) is 4.27. The standard InChI is InChI=1S/C23H26ClN3O/c1-17(2)27(23(28)25-21-7-4-6-20(24)14-21)16-22-8-5-13-26(22)15-19-11-9-18(3)10-12-19/h4-14,17H,15-16H2,1-3H3,(H,25,28). The lowest BCUT2D eigenvalue weighted by atomic mass is 10.1. The van der Waals surface area contributed by atoms with Crippen LogP contribution in [0.5, 0.6) is 0 Å². The second-order valence-electron chi connectivity index (χ2n) is 7.28. The molecule has 2 aromatic carbocycles. The second-order valence-corrected chi connectivity index (χ2v) is 7.71. The summed E-state index contributed by atoms with van der Waals surface area (Å²) in [6.07, 6.45) is 2.06. The van der Waals surface area contributed by atoms with Crippen molar-refractivity contribution in [2.75, 3.05) is 5.32 Å². The SMILES string of the molecule is Cc1ccc(Cn2cccc2CN(C(=O)Nc2cccc(Cl)c2)C(C)C)cc1. The molecule has 5 heteroatoms. The lowest BCUT2D eigenvalue weighted by Crippen LogP contribution is -2.40. The molecule has 0 spiro atoms. The Hall–Kier alpha value is -2.72. The molecular weight excluding hydrogens is 370 g/mol. The molecule has 3 aromatic rings. The summed E-state index contributed by atoms with van der Waals surface area (Å²) in [6, 6.07) is 19.7. The van der Waals surface area contributed by atoms with Crippen molar-refractivity contribution in [1.29, 1.82) is 0 Å². The number of anilines is 1. The Morgan fingerprint density at radius 2 is 1.86 bits per heavy atom. The molecule has 0 aliphatic heterocycles. The maximum atomic E-state index is 12.9. The molecule has 1 N–H and O–H groups in total. The molecule has 0 unspecified atom stereocenters. The fourth-order valence-corrected chi connectivity index (χ4v) is 3.25. The van der Waals surface area contributed by atoms with Crippen LogP contribution >= 0.6 is 11.6 Å². The third-order valence-electron chi connectivity index (χ3n) is 4.69. The summed E-state index contributed by atoms with van der Waals surface area (Å²) in [4.78, 5) is 14.7. The van der Waals surface area contributed by atoms with Gasteiger partial charge in [-0.25, -0.2) is 4.79 Å². The molecule has 0 atom stereocenters. The monoisotopic (exact) mass is 395 g/mol. The van der Waals surface area contributed by atoms with Crippen molar-refractivity contribution < 1.29 is 4.79 Å². The van der Waals surface area contributed by atoms with Crippen molar-refractivity contribution in [3.63, 3.8) is 0 Å². The predicted molar refractivity (Wildman–Crippen MR) is 116 cm³/mol. The zero-order chi connectivity index (χ0) is 20.1. The van der Waals surface area contributed by atoms with Gasteiger partial charge in [0.25, 0.3) is 0 Å². The average Bonchev–Trinajstić information content (AvgIpc) is 3.08. The molecular formula is C23H26ClN3O. The number of nitrogens with one attached hydrogen (secondary N) is 1.